The van der Waals surface area contributed by atoms with Crippen LogP contribution in [-0.2, 0) is 16.0 Å². The maximum Gasteiger partial charge on any atom is 0.407 e. The molecule has 0 aliphatic rings. The summed E-state index contributed by atoms with van der Waals surface area (Å²) in [5.41, 5.74) is -0.0226. The Hall–Kier alpha value is -1.50. The van der Waals surface area contributed by atoms with E-state index in [0.29, 0.717) is 15.6 Å². The normalized spacial score (nSPS) is 13.9. The largest absolute Gasteiger partial charge is 0.481 e. The second-order valence-corrected chi connectivity index (χ2v) is 7.18. The molecule has 0 radical (unpaired) electrons. The number of aliphatic carboxylic acids is 1. The molecule has 6 nitrogen and oxygen atoms in total. The van der Waals surface area contributed by atoms with Crippen molar-refractivity contribution in [1.82, 2.24) is 5.32 Å². The van der Waals surface area contributed by atoms with E-state index in [0.717, 1.165) is 0 Å². The monoisotopic (exact) mass is 377 g/mol. The molecule has 8 heteroatoms. The van der Waals surface area contributed by atoms with Gasteiger partial charge in [0.1, 0.15) is 5.60 Å². The third-order valence-electron chi connectivity index (χ3n) is 2.99. The van der Waals surface area contributed by atoms with Crippen LogP contribution in [0, 0.1) is 0 Å². The number of hydrogen-bond donors (Lipinski definition) is 3. The van der Waals surface area contributed by atoms with Crippen molar-refractivity contribution in [1.29, 1.82) is 0 Å². The molecule has 2 atom stereocenters. The highest BCUT2D eigenvalue weighted by Crippen LogP contribution is 2.23. The Morgan fingerprint density at radius 2 is 1.88 bits per heavy atom. The lowest BCUT2D eigenvalue weighted by Gasteiger charge is -2.26. The van der Waals surface area contributed by atoms with Crippen LogP contribution in [0.5, 0.6) is 0 Å². The van der Waals surface area contributed by atoms with E-state index in [4.69, 9.17) is 33.0 Å². The number of halogens is 2. The summed E-state index contributed by atoms with van der Waals surface area (Å²) < 4.78 is 5.15. The minimum atomic E-state index is -1.29. The number of ether oxygens (including phenoxy) is 1. The number of alkyl carbamates (subject to hydrolysis) is 1. The third-order valence-corrected chi connectivity index (χ3v) is 3.73. The van der Waals surface area contributed by atoms with Gasteiger partial charge in [0.15, 0.2) is 0 Å². The molecule has 0 saturated heterocycles. The second kappa shape index (κ2) is 8.55. The van der Waals surface area contributed by atoms with Crippen LogP contribution >= 0.6 is 23.2 Å². The zero-order valence-electron chi connectivity index (χ0n) is 13.7. The number of aliphatic hydroxyl groups excluding tert-OH is 1. The van der Waals surface area contributed by atoms with Crippen LogP contribution in [0.3, 0.4) is 0 Å². The average molecular weight is 378 g/mol. The molecule has 0 aliphatic carbocycles. The molecule has 3 N–H and O–H groups in total. The van der Waals surface area contributed by atoms with E-state index in [-0.39, 0.29) is 6.42 Å². The fourth-order valence-electron chi connectivity index (χ4n) is 1.98. The predicted molar refractivity (Wildman–Crippen MR) is 91.6 cm³/mol. The van der Waals surface area contributed by atoms with Gasteiger partial charge in [-0.05, 0) is 44.9 Å². The van der Waals surface area contributed by atoms with E-state index >= 15 is 0 Å². The van der Waals surface area contributed by atoms with Crippen molar-refractivity contribution in [3.8, 4) is 0 Å². The molecule has 0 bridgehead atoms. The zero-order valence-corrected chi connectivity index (χ0v) is 15.2. The summed E-state index contributed by atoms with van der Waals surface area (Å²) in [4.78, 5) is 22.8. The first-order chi connectivity index (χ1) is 11.0. The summed E-state index contributed by atoms with van der Waals surface area (Å²) in [5.74, 6) is -1.17. The molecule has 1 amide bonds. The fraction of sp³-hybridized carbons (Fsp3) is 0.500. The van der Waals surface area contributed by atoms with Crippen LogP contribution in [0.4, 0.5) is 4.79 Å². The molecule has 1 aromatic rings. The summed E-state index contributed by atoms with van der Waals surface area (Å²) in [6.07, 6.45) is -2.37. The average Bonchev–Trinajstić information content (AvgIpc) is 2.39. The summed E-state index contributed by atoms with van der Waals surface area (Å²) in [5, 5.41) is 22.2. The van der Waals surface area contributed by atoms with Crippen LogP contribution in [0.2, 0.25) is 10.0 Å². The molecule has 1 rings (SSSR count). The number of carbonyl (C=O) groups is 2. The standard InChI is InChI=1S/C16H21Cl2NO5/c1-16(2,3)24-15(23)19-12(13(20)8-14(21)22)7-9-4-5-10(17)11(18)6-9/h4-6,12-13,20H,7-8H2,1-3H3,(H,19,23)(H,21,22)/t12-,13-/m0/s1. The van der Waals surface area contributed by atoms with Gasteiger partial charge in [-0.25, -0.2) is 4.79 Å². The molecule has 1 aromatic carbocycles. The molecular weight excluding hydrogens is 357 g/mol. The van der Waals surface area contributed by atoms with Gasteiger partial charge >= 0.3 is 12.1 Å². The van der Waals surface area contributed by atoms with Crippen molar-refractivity contribution < 1.29 is 24.5 Å². The van der Waals surface area contributed by atoms with Crippen molar-refractivity contribution >= 4 is 35.3 Å². The van der Waals surface area contributed by atoms with Crippen LogP contribution in [-0.4, -0.2) is 40.0 Å². The van der Waals surface area contributed by atoms with Crippen LogP contribution in [0.25, 0.3) is 0 Å². The number of carboxylic acid groups (broad SMARTS) is 1. The lowest BCUT2D eigenvalue weighted by atomic mass is 9.99. The molecule has 0 saturated carbocycles. The lowest BCUT2D eigenvalue weighted by molar-refractivity contribution is -0.139. The van der Waals surface area contributed by atoms with E-state index < -0.39 is 36.2 Å². The Balaban J connectivity index is 2.89. The number of carboxylic acids is 1. The van der Waals surface area contributed by atoms with Crippen molar-refractivity contribution in [2.24, 2.45) is 0 Å². The maximum absolute atomic E-state index is 11.9. The first kappa shape index (κ1) is 20.5. The molecule has 134 valence electrons. The Labute approximate surface area is 150 Å². The molecule has 0 spiro atoms. The molecule has 0 unspecified atom stereocenters. The van der Waals surface area contributed by atoms with Crippen LogP contribution in [0.1, 0.15) is 32.8 Å². The van der Waals surface area contributed by atoms with Gasteiger partial charge in [0.05, 0.1) is 28.6 Å². The molecule has 0 aromatic heterocycles. The first-order valence-electron chi connectivity index (χ1n) is 7.31. The van der Waals surface area contributed by atoms with E-state index in [2.05, 4.69) is 5.32 Å². The Bertz CT molecular complexity index is 601. The number of benzene rings is 1. The Morgan fingerprint density at radius 3 is 2.38 bits per heavy atom. The number of rotatable bonds is 6. The van der Waals surface area contributed by atoms with Gasteiger partial charge in [0, 0.05) is 0 Å². The molecular formula is C16H21Cl2NO5. The zero-order chi connectivity index (χ0) is 18.5. The van der Waals surface area contributed by atoms with E-state index in [1.807, 2.05) is 0 Å². The van der Waals surface area contributed by atoms with Gasteiger partial charge in [-0.1, -0.05) is 29.3 Å². The first-order valence-corrected chi connectivity index (χ1v) is 8.07. The topological polar surface area (TPSA) is 95.9 Å². The highest BCUT2D eigenvalue weighted by Gasteiger charge is 2.26. The summed E-state index contributed by atoms with van der Waals surface area (Å²) >= 11 is 11.8. The molecule has 0 heterocycles. The number of amides is 1. The second-order valence-electron chi connectivity index (χ2n) is 6.37. The minimum absolute atomic E-state index is 0.171. The van der Waals surface area contributed by atoms with Gasteiger partial charge < -0.3 is 20.3 Å². The highest BCUT2D eigenvalue weighted by molar-refractivity contribution is 6.42. The van der Waals surface area contributed by atoms with Crippen molar-refractivity contribution in [3.05, 3.63) is 33.8 Å². The van der Waals surface area contributed by atoms with Gasteiger partial charge in [-0.15, -0.1) is 0 Å². The summed E-state index contributed by atoms with van der Waals surface area (Å²) in [6.45, 7) is 5.11. The Morgan fingerprint density at radius 1 is 1.25 bits per heavy atom. The van der Waals surface area contributed by atoms with E-state index in [1.165, 1.54) is 0 Å². The van der Waals surface area contributed by atoms with Crippen LogP contribution in [0.15, 0.2) is 18.2 Å². The van der Waals surface area contributed by atoms with Gasteiger partial charge in [0.25, 0.3) is 0 Å². The van der Waals surface area contributed by atoms with E-state index in [1.54, 1.807) is 39.0 Å². The van der Waals surface area contributed by atoms with Gasteiger partial charge in [-0.3, -0.25) is 4.79 Å². The number of nitrogens with one attached hydrogen (secondary N) is 1. The van der Waals surface area contributed by atoms with E-state index in [9.17, 15) is 14.7 Å². The highest BCUT2D eigenvalue weighted by atomic mass is 35.5. The number of carbonyl (C=O) groups excluding carboxylic acids is 1. The predicted octanol–water partition coefficient (Wildman–Crippen LogP) is 3.26. The molecule has 24 heavy (non-hydrogen) atoms. The maximum atomic E-state index is 11.9. The summed E-state index contributed by atoms with van der Waals surface area (Å²) in [6, 6.07) is 4.02. The van der Waals surface area contributed by atoms with Crippen LogP contribution < -0.4 is 5.32 Å². The van der Waals surface area contributed by atoms with Gasteiger partial charge in [0.2, 0.25) is 0 Å². The quantitative estimate of drug-likeness (QED) is 0.706. The van der Waals surface area contributed by atoms with Gasteiger partial charge in [-0.2, -0.15) is 0 Å². The molecule has 0 fully saturated rings. The third kappa shape index (κ3) is 7.38. The van der Waals surface area contributed by atoms with Crippen molar-refractivity contribution in [2.75, 3.05) is 0 Å². The number of hydrogen-bond acceptors (Lipinski definition) is 4. The lowest BCUT2D eigenvalue weighted by Crippen LogP contribution is -2.47. The smallest absolute Gasteiger partial charge is 0.407 e. The van der Waals surface area contributed by atoms with Crippen molar-refractivity contribution in [2.45, 2.75) is 51.4 Å². The minimum Gasteiger partial charge on any atom is -0.481 e. The fourth-order valence-corrected chi connectivity index (χ4v) is 2.30. The summed E-state index contributed by atoms with van der Waals surface area (Å²) in [7, 11) is 0. The van der Waals surface area contributed by atoms with Crippen molar-refractivity contribution in [3.63, 3.8) is 0 Å². The SMILES string of the molecule is CC(C)(C)OC(=O)N[C@@H](Cc1ccc(Cl)c(Cl)c1)[C@@H](O)CC(=O)O. The number of aliphatic hydroxyl groups is 1. The molecule has 0 aliphatic heterocycles. The Kier molecular flexibility index (Phi) is 7.32.